The monoisotopic (exact) mass is 306 g/mol. The average Bonchev–Trinajstić information content (AvgIpc) is 2.51. The minimum absolute atomic E-state index is 0.115. The van der Waals surface area contributed by atoms with Crippen molar-refractivity contribution in [1.29, 1.82) is 0 Å². The summed E-state index contributed by atoms with van der Waals surface area (Å²) in [6.07, 6.45) is 1.78. The number of hydrogen-bond acceptors (Lipinski definition) is 5. The van der Waals surface area contributed by atoms with Crippen LogP contribution in [0.25, 0.3) is 0 Å². The van der Waals surface area contributed by atoms with Crippen molar-refractivity contribution in [3.63, 3.8) is 0 Å². The van der Waals surface area contributed by atoms with Crippen molar-refractivity contribution < 1.29 is 4.74 Å². The first-order chi connectivity index (χ1) is 10.2. The lowest BCUT2D eigenvalue weighted by Crippen LogP contribution is -2.13. The van der Waals surface area contributed by atoms with Gasteiger partial charge in [0.15, 0.2) is 0 Å². The molecule has 0 saturated carbocycles. The Morgan fingerprint density at radius 1 is 1.14 bits per heavy atom. The molecule has 2 rings (SSSR count). The maximum absolute atomic E-state index is 5.92. The molecule has 112 valence electrons. The van der Waals surface area contributed by atoms with Gasteiger partial charge < -0.3 is 10.1 Å². The number of halogens is 1. The minimum Gasteiger partial charge on any atom is -0.463 e. The number of rotatable bonds is 7. The van der Waals surface area contributed by atoms with Gasteiger partial charge in [0.1, 0.15) is 0 Å². The molecule has 1 aromatic heterocycles. The maximum Gasteiger partial charge on any atom is 0.322 e. The molecule has 2 aromatic rings. The van der Waals surface area contributed by atoms with E-state index in [-0.39, 0.29) is 17.3 Å². The van der Waals surface area contributed by atoms with Crippen LogP contribution in [-0.4, -0.2) is 21.6 Å². The SMILES string of the molecule is CCCOc1nc(Cl)nc(NC(CC)c2ccccc2)n1. The Balaban J connectivity index is 2.15. The molecule has 0 amide bonds. The second-order valence-electron chi connectivity index (χ2n) is 4.57. The summed E-state index contributed by atoms with van der Waals surface area (Å²) >= 11 is 5.92. The molecule has 21 heavy (non-hydrogen) atoms. The molecule has 5 nitrogen and oxygen atoms in total. The van der Waals surface area contributed by atoms with E-state index in [4.69, 9.17) is 16.3 Å². The molecule has 1 N–H and O–H groups in total. The molecule has 1 heterocycles. The highest BCUT2D eigenvalue weighted by Gasteiger charge is 2.12. The largest absolute Gasteiger partial charge is 0.463 e. The van der Waals surface area contributed by atoms with Gasteiger partial charge in [-0.1, -0.05) is 44.2 Å². The van der Waals surface area contributed by atoms with Crippen LogP contribution in [0.4, 0.5) is 5.95 Å². The standard InChI is InChI=1S/C15H19ClN4O/c1-3-10-21-15-19-13(16)18-14(20-15)17-12(4-2)11-8-6-5-7-9-11/h5-9,12H,3-4,10H2,1-2H3,(H,17,18,19,20). The molecule has 0 radical (unpaired) electrons. The van der Waals surface area contributed by atoms with Crippen molar-refractivity contribution in [3.8, 4) is 6.01 Å². The summed E-state index contributed by atoms with van der Waals surface area (Å²) in [5.74, 6) is 0.428. The van der Waals surface area contributed by atoms with Crippen molar-refractivity contribution >= 4 is 17.5 Å². The van der Waals surface area contributed by atoms with Gasteiger partial charge in [-0.15, -0.1) is 0 Å². The molecular weight excluding hydrogens is 288 g/mol. The number of hydrogen-bond donors (Lipinski definition) is 1. The number of anilines is 1. The van der Waals surface area contributed by atoms with Crippen LogP contribution in [0.1, 0.15) is 38.3 Å². The predicted molar refractivity (Wildman–Crippen MR) is 83.7 cm³/mol. The Kier molecular flexibility index (Phi) is 5.75. The maximum atomic E-state index is 5.92. The zero-order valence-electron chi connectivity index (χ0n) is 12.2. The van der Waals surface area contributed by atoms with Crippen LogP contribution < -0.4 is 10.1 Å². The highest BCUT2D eigenvalue weighted by Crippen LogP contribution is 2.21. The van der Waals surface area contributed by atoms with E-state index >= 15 is 0 Å². The highest BCUT2D eigenvalue weighted by molar-refractivity contribution is 6.28. The summed E-state index contributed by atoms with van der Waals surface area (Å²) < 4.78 is 5.41. The first-order valence-corrected chi connectivity index (χ1v) is 7.46. The quantitative estimate of drug-likeness (QED) is 0.841. The van der Waals surface area contributed by atoms with Crippen LogP contribution in [0.5, 0.6) is 6.01 Å². The molecule has 1 aromatic carbocycles. The first-order valence-electron chi connectivity index (χ1n) is 7.08. The van der Waals surface area contributed by atoms with Gasteiger partial charge in [-0.05, 0) is 30.0 Å². The fourth-order valence-corrected chi connectivity index (χ4v) is 2.07. The van der Waals surface area contributed by atoms with Crippen LogP contribution >= 0.6 is 11.6 Å². The van der Waals surface area contributed by atoms with E-state index in [1.54, 1.807) is 0 Å². The van der Waals surface area contributed by atoms with Crippen LogP contribution in [0, 0.1) is 0 Å². The third-order valence-corrected chi connectivity index (χ3v) is 3.11. The van der Waals surface area contributed by atoms with Gasteiger partial charge in [0.25, 0.3) is 0 Å². The van der Waals surface area contributed by atoms with E-state index in [0.717, 1.165) is 12.8 Å². The third-order valence-electron chi connectivity index (χ3n) is 2.94. The molecule has 0 aliphatic carbocycles. The van der Waals surface area contributed by atoms with Crippen LogP contribution in [-0.2, 0) is 0 Å². The highest BCUT2D eigenvalue weighted by atomic mass is 35.5. The van der Waals surface area contributed by atoms with Gasteiger partial charge >= 0.3 is 6.01 Å². The van der Waals surface area contributed by atoms with Gasteiger partial charge in [-0.25, -0.2) is 0 Å². The van der Waals surface area contributed by atoms with Gasteiger partial charge in [0, 0.05) is 0 Å². The van der Waals surface area contributed by atoms with Crippen molar-refractivity contribution in [2.45, 2.75) is 32.7 Å². The van der Waals surface area contributed by atoms with E-state index in [2.05, 4.69) is 39.3 Å². The molecule has 0 aliphatic rings. The predicted octanol–water partition coefficient (Wildman–Crippen LogP) is 3.88. The van der Waals surface area contributed by atoms with Crippen molar-refractivity contribution in [2.75, 3.05) is 11.9 Å². The summed E-state index contributed by atoms with van der Waals surface area (Å²) in [6.45, 7) is 4.67. The van der Waals surface area contributed by atoms with Gasteiger partial charge in [-0.3, -0.25) is 0 Å². The van der Waals surface area contributed by atoms with Gasteiger partial charge in [0.05, 0.1) is 12.6 Å². The number of nitrogens with zero attached hydrogens (tertiary/aromatic N) is 3. The van der Waals surface area contributed by atoms with Crippen molar-refractivity contribution in [1.82, 2.24) is 15.0 Å². The second kappa shape index (κ2) is 7.78. The normalized spacial score (nSPS) is 12.0. The van der Waals surface area contributed by atoms with E-state index in [9.17, 15) is 0 Å². The Morgan fingerprint density at radius 3 is 2.57 bits per heavy atom. The number of nitrogens with one attached hydrogen (secondary N) is 1. The van der Waals surface area contributed by atoms with Gasteiger partial charge in [-0.2, -0.15) is 15.0 Å². The summed E-state index contributed by atoms with van der Waals surface area (Å²) in [5, 5.41) is 3.40. The van der Waals surface area contributed by atoms with Crippen molar-refractivity contribution in [2.24, 2.45) is 0 Å². The van der Waals surface area contributed by atoms with E-state index in [1.165, 1.54) is 5.56 Å². The van der Waals surface area contributed by atoms with Crippen LogP contribution in [0.15, 0.2) is 30.3 Å². The van der Waals surface area contributed by atoms with E-state index in [1.807, 2.05) is 25.1 Å². The Hall–Kier alpha value is -1.88. The Morgan fingerprint density at radius 2 is 1.90 bits per heavy atom. The van der Waals surface area contributed by atoms with Crippen molar-refractivity contribution in [3.05, 3.63) is 41.2 Å². The fraction of sp³-hybridized carbons (Fsp3) is 0.400. The summed E-state index contributed by atoms with van der Waals surface area (Å²) in [6, 6.07) is 10.5. The molecule has 0 spiro atoms. The number of aromatic nitrogens is 3. The first kappa shape index (κ1) is 15.5. The number of benzene rings is 1. The fourth-order valence-electron chi connectivity index (χ4n) is 1.92. The lowest BCUT2D eigenvalue weighted by Gasteiger charge is -2.17. The molecule has 0 bridgehead atoms. The summed E-state index contributed by atoms with van der Waals surface area (Å²) in [4.78, 5) is 12.3. The summed E-state index contributed by atoms with van der Waals surface area (Å²) in [5.41, 5.74) is 1.17. The molecule has 1 atom stereocenters. The molecule has 6 heteroatoms. The minimum atomic E-state index is 0.115. The smallest absolute Gasteiger partial charge is 0.322 e. The zero-order valence-corrected chi connectivity index (χ0v) is 13.0. The molecular formula is C15H19ClN4O. The topological polar surface area (TPSA) is 59.9 Å². The molecule has 0 fully saturated rings. The van der Waals surface area contributed by atoms with Crippen LogP contribution in [0.3, 0.4) is 0 Å². The lowest BCUT2D eigenvalue weighted by molar-refractivity contribution is 0.291. The number of ether oxygens (including phenoxy) is 1. The Bertz CT molecular complexity index is 565. The molecule has 1 unspecified atom stereocenters. The van der Waals surface area contributed by atoms with Gasteiger partial charge in [0.2, 0.25) is 11.2 Å². The average molecular weight is 307 g/mol. The lowest BCUT2D eigenvalue weighted by atomic mass is 10.1. The third kappa shape index (κ3) is 4.56. The zero-order chi connectivity index (χ0) is 15.1. The molecule has 0 saturated heterocycles. The van der Waals surface area contributed by atoms with E-state index in [0.29, 0.717) is 12.6 Å². The van der Waals surface area contributed by atoms with E-state index < -0.39 is 0 Å². The molecule has 0 aliphatic heterocycles. The Labute approximate surface area is 129 Å². The summed E-state index contributed by atoms with van der Waals surface area (Å²) in [7, 11) is 0. The van der Waals surface area contributed by atoms with Crippen LogP contribution in [0.2, 0.25) is 5.28 Å². The second-order valence-corrected chi connectivity index (χ2v) is 4.91.